The van der Waals surface area contributed by atoms with Crippen molar-refractivity contribution in [2.24, 2.45) is 11.8 Å². The first-order valence-electron chi connectivity index (χ1n) is 8.29. The van der Waals surface area contributed by atoms with Crippen LogP contribution < -0.4 is 0 Å². The van der Waals surface area contributed by atoms with Crippen LogP contribution in [-0.4, -0.2) is 50.0 Å². The minimum Gasteiger partial charge on any atom is -0.381 e. The highest BCUT2D eigenvalue weighted by molar-refractivity contribution is 5.09. The Balaban J connectivity index is 1.62. The number of rotatable bonds is 2. The number of allylic oxidation sites excluding steroid dienone is 1. The van der Waals surface area contributed by atoms with Gasteiger partial charge in [-0.05, 0) is 31.6 Å². The van der Waals surface area contributed by atoms with Crippen LogP contribution in [0.15, 0.2) is 11.6 Å². The van der Waals surface area contributed by atoms with Gasteiger partial charge < -0.3 is 9.47 Å². The van der Waals surface area contributed by atoms with Gasteiger partial charge in [-0.25, -0.2) is 0 Å². The molecule has 3 nitrogen and oxygen atoms in total. The van der Waals surface area contributed by atoms with E-state index in [1.165, 1.54) is 19.4 Å². The molecular formula is C17H29NO2. The molecule has 3 heteroatoms. The zero-order valence-electron chi connectivity index (χ0n) is 13.1. The second-order valence-corrected chi connectivity index (χ2v) is 6.99. The molecule has 20 heavy (non-hydrogen) atoms. The number of hydrogen-bond acceptors (Lipinski definition) is 3. The maximum absolute atomic E-state index is 6.14. The number of morpholine rings is 1. The van der Waals surface area contributed by atoms with Gasteiger partial charge in [-0.2, -0.15) is 0 Å². The van der Waals surface area contributed by atoms with Gasteiger partial charge in [0.1, 0.15) is 0 Å². The molecule has 0 aromatic rings. The third kappa shape index (κ3) is 3.10. The van der Waals surface area contributed by atoms with Crippen LogP contribution >= 0.6 is 0 Å². The van der Waals surface area contributed by atoms with Crippen molar-refractivity contribution in [1.29, 1.82) is 0 Å². The van der Waals surface area contributed by atoms with Crippen molar-refractivity contribution in [3.05, 3.63) is 11.6 Å². The third-order valence-electron chi connectivity index (χ3n) is 5.55. The molecule has 2 heterocycles. The molecule has 0 radical (unpaired) electrons. The van der Waals surface area contributed by atoms with Crippen LogP contribution in [0, 0.1) is 11.8 Å². The molecule has 2 unspecified atom stereocenters. The molecule has 3 aliphatic rings. The fourth-order valence-corrected chi connectivity index (χ4v) is 4.10. The first-order chi connectivity index (χ1) is 9.69. The van der Waals surface area contributed by atoms with E-state index in [4.69, 9.17) is 9.47 Å². The monoisotopic (exact) mass is 279 g/mol. The topological polar surface area (TPSA) is 21.7 Å². The van der Waals surface area contributed by atoms with Crippen LogP contribution in [0.1, 0.15) is 39.5 Å². The summed E-state index contributed by atoms with van der Waals surface area (Å²) in [5, 5.41) is 0. The molecule has 2 aliphatic heterocycles. The molecule has 0 amide bonds. The lowest BCUT2D eigenvalue weighted by Gasteiger charge is -2.46. The quantitative estimate of drug-likeness (QED) is 0.726. The molecular weight excluding hydrogens is 250 g/mol. The van der Waals surface area contributed by atoms with Gasteiger partial charge in [-0.3, -0.25) is 4.90 Å². The van der Waals surface area contributed by atoms with Crippen molar-refractivity contribution < 1.29 is 9.47 Å². The highest BCUT2D eigenvalue weighted by atomic mass is 16.5. The lowest BCUT2D eigenvalue weighted by Crippen LogP contribution is -2.55. The Kier molecular flexibility index (Phi) is 4.49. The van der Waals surface area contributed by atoms with Crippen molar-refractivity contribution in [2.75, 3.05) is 39.5 Å². The minimum absolute atomic E-state index is 0.0893. The molecule has 114 valence electrons. The van der Waals surface area contributed by atoms with Crippen molar-refractivity contribution in [2.45, 2.75) is 45.1 Å². The van der Waals surface area contributed by atoms with Gasteiger partial charge >= 0.3 is 0 Å². The summed E-state index contributed by atoms with van der Waals surface area (Å²) in [5.41, 5.74) is 1.70. The van der Waals surface area contributed by atoms with Crippen LogP contribution in [0.25, 0.3) is 0 Å². The summed E-state index contributed by atoms with van der Waals surface area (Å²) in [7, 11) is 0. The minimum atomic E-state index is 0.0893. The second kappa shape index (κ2) is 6.17. The van der Waals surface area contributed by atoms with Crippen molar-refractivity contribution in [1.82, 2.24) is 4.90 Å². The Hall–Kier alpha value is -0.380. The van der Waals surface area contributed by atoms with Crippen LogP contribution in [0.2, 0.25) is 0 Å². The van der Waals surface area contributed by atoms with Crippen LogP contribution in [0.4, 0.5) is 0 Å². The van der Waals surface area contributed by atoms with Gasteiger partial charge in [0.25, 0.3) is 0 Å². The second-order valence-electron chi connectivity index (χ2n) is 6.99. The highest BCUT2D eigenvalue weighted by Gasteiger charge is 2.39. The summed E-state index contributed by atoms with van der Waals surface area (Å²) in [6.45, 7) is 10.8. The molecule has 2 atom stereocenters. The van der Waals surface area contributed by atoms with E-state index >= 15 is 0 Å². The zero-order chi connectivity index (χ0) is 14.0. The molecule has 2 saturated heterocycles. The van der Waals surface area contributed by atoms with Crippen molar-refractivity contribution in [3.8, 4) is 0 Å². The first-order valence-corrected chi connectivity index (χ1v) is 8.29. The van der Waals surface area contributed by atoms with E-state index in [0.717, 1.165) is 57.6 Å². The molecule has 2 fully saturated rings. The maximum Gasteiger partial charge on any atom is 0.0853 e. The van der Waals surface area contributed by atoms with E-state index in [1.807, 2.05) is 0 Å². The van der Waals surface area contributed by atoms with E-state index in [-0.39, 0.29) is 5.60 Å². The van der Waals surface area contributed by atoms with Crippen molar-refractivity contribution >= 4 is 0 Å². The van der Waals surface area contributed by atoms with Gasteiger partial charge in [0.2, 0.25) is 0 Å². The zero-order valence-corrected chi connectivity index (χ0v) is 13.1. The number of nitrogens with zero attached hydrogens (tertiary/aromatic N) is 1. The Morgan fingerprint density at radius 3 is 2.85 bits per heavy atom. The van der Waals surface area contributed by atoms with Gasteiger partial charge in [0, 0.05) is 45.7 Å². The molecule has 1 aliphatic carbocycles. The van der Waals surface area contributed by atoms with Gasteiger partial charge in [-0.15, -0.1) is 0 Å². The van der Waals surface area contributed by atoms with Gasteiger partial charge in [-0.1, -0.05) is 18.6 Å². The first kappa shape index (κ1) is 14.6. The fraction of sp³-hybridized carbons (Fsp3) is 0.882. The summed E-state index contributed by atoms with van der Waals surface area (Å²) in [4.78, 5) is 2.65. The van der Waals surface area contributed by atoms with E-state index in [1.54, 1.807) is 5.57 Å². The predicted molar refractivity (Wildman–Crippen MR) is 80.8 cm³/mol. The molecule has 0 saturated carbocycles. The van der Waals surface area contributed by atoms with Crippen LogP contribution in [-0.2, 0) is 9.47 Å². The van der Waals surface area contributed by atoms with Crippen LogP contribution in [0.5, 0.6) is 0 Å². The normalized spacial score (nSPS) is 35.0. The summed E-state index contributed by atoms with van der Waals surface area (Å²) in [6, 6.07) is 0. The fourth-order valence-electron chi connectivity index (χ4n) is 4.10. The molecule has 3 rings (SSSR count). The van der Waals surface area contributed by atoms with E-state index in [2.05, 4.69) is 24.8 Å². The summed E-state index contributed by atoms with van der Waals surface area (Å²) in [6.07, 6.45) is 7.21. The van der Waals surface area contributed by atoms with Gasteiger partial charge in [0.05, 0.1) is 12.2 Å². The summed E-state index contributed by atoms with van der Waals surface area (Å²) in [5.74, 6) is 1.58. The van der Waals surface area contributed by atoms with E-state index < -0.39 is 0 Å². The molecule has 1 spiro atoms. The standard InChI is InChI=1S/C17H29NO2/c1-14-4-3-5-15(2)16(14)12-18-8-11-20-17(13-18)6-9-19-10-7-17/h4,15-16H,3,5-13H2,1-2H3. The average Bonchev–Trinajstić information content (AvgIpc) is 2.44. The highest BCUT2D eigenvalue weighted by Crippen LogP contribution is 2.33. The number of hydrogen-bond donors (Lipinski definition) is 0. The lowest BCUT2D eigenvalue weighted by atomic mass is 9.79. The Morgan fingerprint density at radius 1 is 1.30 bits per heavy atom. The largest absolute Gasteiger partial charge is 0.381 e. The molecule has 0 aromatic carbocycles. The average molecular weight is 279 g/mol. The van der Waals surface area contributed by atoms with Crippen LogP contribution in [0.3, 0.4) is 0 Å². The molecule has 0 N–H and O–H groups in total. The van der Waals surface area contributed by atoms with E-state index in [0.29, 0.717) is 0 Å². The maximum atomic E-state index is 6.14. The number of ether oxygens (including phenoxy) is 2. The summed E-state index contributed by atoms with van der Waals surface area (Å²) >= 11 is 0. The van der Waals surface area contributed by atoms with Gasteiger partial charge in [0.15, 0.2) is 0 Å². The molecule has 0 bridgehead atoms. The SMILES string of the molecule is CC1=CCCC(C)C1CN1CCOC2(CCOCC2)C1. The van der Waals surface area contributed by atoms with Crippen molar-refractivity contribution in [3.63, 3.8) is 0 Å². The smallest absolute Gasteiger partial charge is 0.0853 e. The Labute approximate surface area is 123 Å². The predicted octanol–water partition coefficient (Wildman–Crippen LogP) is 2.86. The summed E-state index contributed by atoms with van der Waals surface area (Å²) < 4.78 is 11.7. The van der Waals surface area contributed by atoms with E-state index in [9.17, 15) is 0 Å². The molecule has 0 aromatic heterocycles. The lowest BCUT2D eigenvalue weighted by molar-refractivity contribution is -0.155. The Morgan fingerprint density at radius 2 is 2.10 bits per heavy atom. The third-order valence-corrected chi connectivity index (χ3v) is 5.55. The Bertz CT molecular complexity index is 354.